The van der Waals surface area contributed by atoms with Crippen molar-refractivity contribution < 1.29 is 14.6 Å². The van der Waals surface area contributed by atoms with Crippen LogP contribution in [0.1, 0.15) is 38.2 Å². The van der Waals surface area contributed by atoms with Crippen LogP contribution in [-0.4, -0.2) is 42.3 Å². The van der Waals surface area contributed by atoms with Gasteiger partial charge < -0.3 is 19.9 Å². The number of aliphatic hydroxyl groups excluding tert-OH is 1. The molecular formula is C18H27NO3. The van der Waals surface area contributed by atoms with Crippen molar-refractivity contribution in [3.8, 4) is 0 Å². The normalized spacial score (nSPS) is 24.5. The highest BCUT2D eigenvalue weighted by atomic mass is 16.7. The number of aliphatic hydroxyl groups is 1. The van der Waals surface area contributed by atoms with Gasteiger partial charge in [0.2, 0.25) is 0 Å². The van der Waals surface area contributed by atoms with Gasteiger partial charge in [-0.25, -0.2) is 0 Å². The predicted molar refractivity (Wildman–Crippen MR) is 85.6 cm³/mol. The minimum Gasteiger partial charge on any atom is -0.391 e. The molecule has 22 heavy (non-hydrogen) atoms. The topological polar surface area (TPSA) is 50.7 Å². The highest BCUT2D eigenvalue weighted by Gasteiger charge is 2.40. The summed E-state index contributed by atoms with van der Waals surface area (Å²) in [6, 6.07) is 10.7. The lowest BCUT2D eigenvalue weighted by Gasteiger charge is -2.37. The van der Waals surface area contributed by atoms with E-state index < -0.39 is 0 Å². The van der Waals surface area contributed by atoms with Gasteiger partial charge in [0, 0.05) is 24.9 Å². The molecule has 2 aliphatic rings. The van der Waals surface area contributed by atoms with E-state index in [1.165, 1.54) is 5.56 Å². The first-order chi connectivity index (χ1) is 10.7. The van der Waals surface area contributed by atoms with Crippen molar-refractivity contribution in [2.75, 3.05) is 13.2 Å². The van der Waals surface area contributed by atoms with Gasteiger partial charge in [0.05, 0.1) is 19.3 Å². The molecule has 1 aliphatic carbocycles. The SMILES string of the molecule is C[C@H](NC1CCC2(CC1)OCCO2)[C@@H](O)Cc1ccccc1. The fraction of sp³-hybridized carbons (Fsp3) is 0.667. The fourth-order valence-electron chi connectivity index (χ4n) is 3.53. The lowest BCUT2D eigenvalue weighted by molar-refractivity contribution is -0.180. The van der Waals surface area contributed by atoms with Gasteiger partial charge in [0.1, 0.15) is 0 Å². The lowest BCUT2D eigenvalue weighted by atomic mass is 9.89. The smallest absolute Gasteiger partial charge is 0.168 e. The van der Waals surface area contributed by atoms with Crippen LogP contribution >= 0.6 is 0 Å². The van der Waals surface area contributed by atoms with Crippen molar-refractivity contribution in [2.24, 2.45) is 0 Å². The molecule has 1 aliphatic heterocycles. The van der Waals surface area contributed by atoms with Gasteiger partial charge in [-0.2, -0.15) is 0 Å². The summed E-state index contributed by atoms with van der Waals surface area (Å²) in [6.07, 6.45) is 4.32. The van der Waals surface area contributed by atoms with Gasteiger partial charge in [-0.15, -0.1) is 0 Å². The van der Waals surface area contributed by atoms with Crippen molar-refractivity contribution >= 4 is 0 Å². The van der Waals surface area contributed by atoms with Gasteiger partial charge in [-0.05, 0) is 31.7 Å². The summed E-state index contributed by atoms with van der Waals surface area (Å²) in [4.78, 5) is 0. The first-order valence-corrected chi connectivity index (χ1v) is 8.43. The molecule has 0 unspecified atom stereocenters. The monoisotopic (exact) mass is 305 g/mol. The van der Waals surface area contributed by atoms with Crippen LogP contribution in [0.25, 0.3) is 0 Å². The third-order valence-corrected chi connectivity index (χ3v) is 4.92. The Labute approximate surface area is 132 Å². The fourth-order valence-corrected chi connectivity index (χ4v) is 3.53. The van der Waals surface area contributed by atoms with Crippen molar-refractivity contribution in [1.82, 2.24) is 5.32 Å². The van der Waals surface area contributed by atoms with Crippen LogP contribution in [-0.2, 0) is 15.9 Å². The zero-order valence-electron chi connectivity index (χ0n) is 13.3. The summed E-state index contributed by atoms with van der Waals surface area (Å²) in [7, 11) is 0. The van der Waals surface area contributed by atoms with E-state index in [1.807, 2.05) is 18.2 Å². The Morgan fingerprint density at radius 2 is 1.82 bits per heavy atom. The Kier molecular flexibility index (Phi) is 5.14. The van der Waals surface area contributed by atoms with Crippen LogP contribution in [0.2, 0.25) is 0 Å². The van der Waals surface area contributed by atoms with Crippen LogP contribution < -0.4 is 5.32 Å². The molecule has 3 rings (SSSR count). The maximum atomic E-state index is 10.4. The molecule has 0 aromatic heterocycles. The minimum absolute atomic E-state index is 0.0877. The molecule has 2 N–H and O–H groups in total. The van der Waals surface area contributed by atoms with Crippen LogP contribution in [0.4, 0.5) is 0 Å². The van der Waals surface area contributed by atoms with Gasteiger partial charge in [-0.3, -0.25) is 0 Å². The summed E-state index contributed by atoms with van der Waals surface area (Å²) in [5, 5.41) is 14.0. The lowest BCUT2D eigenvalue weighted by Crippen LogP contribution is -2.48. The van der Waals surface area contributed by atoms with E-state index in [1.54, 1.807) is 0 Å². The average Bonchev–Trinajstić information content (AvgIpc) is 2.99. The molecule has 1 saturated heterocycles. The Morgan fingerprint density at radius 3 is 2.45 bits per heavy atom. The van der Waals surface area contributed by atoms with Crippen molar-refractivity contribution in [3.63, 3.8) is 0 Å². The number of ether oxygens (including phenoxy) is 2. The molecule has 1 spiro atoms. The maximum Gasteiger partial charge on any atom is 0.168 e. The molecule has 122 valence electrons. The summed E-state index contributed by atoms with van der Waals surface area (Å²) < 4.78 is 11.5. The highest BCUT2D eigenvalue weighted by molar-refractivity contribution is 5.15. The molecular weight excluding hydrogens is 278 g/mol. The second kappa shape index (κ2) is 7.09. The second-order valence-corrected chi connectivity index (χ2v) is 6.59. The summed E-state index contributed by atoms with van der Waals surface area (Å²) in [5.41, 5.74) is 1.18. The Bertz CT molecular complexity index is 449. The molecule has 4 nitrogen and oxygen atoms in total. The summed E-state index contributed by atoms with van der Waals surface area (Å²) in [5.74, 6) is -0.302. The number of benzene rings is 1. The van der Waals surface area contributed by atoms with E-state index in [4.69, 9.17) is 9.47 Å². The first kappa shape index (κ1) is 15.9. The van der Waals surface area contributed by atoms with E-state index in [0.717, 1.165) is 38.9 Å². The van der Waals surface area contributed by atoms with E-state index in [9.17, 15) is 5.11 Å². The van der Waals surface area contributed by atoms with Gasteiger partial charge in [0.15, 0.2) is 5.79 Å². The zero-order valence-corrected chi connectivity index (χ0v) is 13.3. The van der Waals surface area contributed by atoms with E-state index in [0.29, 0.717) is 12.5 Å². The summed E-state index contributed by atoms with van der Waals surface area (Å²) >= 11 is 0. The Morgan fingerprint density at radius 1 is 1.18 bits per heavy atom. The quantitative estimate of drug-likeness (QED) is 0.876. The molecule has 0 bridgehead atoms. The Balaban J connectivity index is 1.44. The molecule has 4 heteroatoms. The number of hydrogen-bond donors (Lipinski definition) is 2. The van der Waals surface area contributed by atoms with Crippen LogP contribution in [0, 0.1) is 0 Å². The van der Waals surface area contributed by atoms with Crippen molar-refractivity contribution in [2.45, 2.75) is 63.0 Å². The third-order valence-electron chi connectivity index (χ3n) is 4.92. The molecule has 2 fully saturated rings. The van der Waals surface area contributed by atoms with E-state index >= 15 is 0 Å². The highest BCUT2D eigenvalue weighted by Crippen LogP contribution is 2.35. The van der Waals surface area contributed by atoms with E-state index in [-0.39, 0.29) is 17.9 Å². The van der Waals surface area contributed by atoms with Gasteiger partial charge in [-0.1, -0.05) is 30.3 Å². The second-order valence-electron chi connectivity index (χ2n) is 6.59. The molecule has 1 heterocycles. The summed E-state index contributed by atoms with van der Waals surface area (Å²) in [6.45, 7) is 3.52. The molecule has 1 aromatic rings. The largest absolute Gasteiger partial charge is 0.391 e. The minimum atomic E-state index is -0.364. The predicted octanol–water partition coefficient (Wildman–Crippen LogP) is 2.25. The van der Waals surface area contributed by atoms with Crippen molar-refractivity contribution in [1.29, 1.82) is 0 Å². The number of hydrogen-bond acceptors (Lipinski definition) is 4. The Hall–Kier alpha value is -0.940. The van der Waals surface area contributed by atoms with Gasteiger partial charge >= 0.3 is 0 Å². The molecule has 1 aromatic carbocycles. The number of nitrogens with one attached hydrogen (secondary N) is 1. The number of rotatable bonds is 5. The van der Waals surface area contributed by atoms with Crippen LogP contribution in [0.3, 0.4) is 0 Å². The first-order valence-electron chi connectivity index (χ1n) is 8.43. The standard InChI is InChI=1S/C18H27NO3/c1-14(17(20)13-15-5-3-2-4-6-15)19-16-7-9-18(10-8-16)21-11-12-22-18/h2-6,14,16-17,19-20H,7-13H2,1H3/t14-,17-/m0/s1. The van der Waals surface area contributed by atoms with E-state index in [2.05, 4.69) is 24.4 Å². The third kappa shape index (κ3) is 3.87. The van der Waals surface area contributed by atoms with Gasteiger partial charge in [0.25, 0.3) is 0 Å². The maximum absolute atomic E-state index is 10.4. The molecule has 1 saturated carbocycles. The zero-order chi connectivity index (χ0) is 15.4. The van der Waals surface area contributed by atoms with Crippen LogP contribution in [0.5, 0.6) is 0 Å². The molecule has 0 radical (unpaired) electrons. The average molecular weight is 305 g/mol. The van der Waals surface area contributed by atoms with Crippen LogP contribution in [0.15, 0.2) is 30.3 Å². The molecule has 0 amide bonds. The van der Waals surface area contributed by atoms with Crippen molar-refractivity contribution in [3.05, 3.63) is 35.9 Å². The molecule has 2 atom stereocenters.